The largest absolute Gasteiger partial charge is 0.325 e. The van der Waals surface area contributed by atoms with Crippen molar-refractivity contribution in [3.63, 3.8) is 0 Å². The van der Waals surface area contributed by atoms with Crippen molar-refractivity contribution in [3.05, 3.63) is 0 Å². The summed E-state index contributed by atoms with van der Waals surface area (Å²) in [5.41, 5.74) is 0. The third-order valence-corrected chi connectivity index (χ3v) is 3.72. The Labute approximate surface area is 67.8 Å². The van der Waals surface area contributed by atoms with Crippen molar-refractivity contribution in [3.8, 4) is 12.3 Å². The van der Waals surface area contributed by atoms with Gasteiger partial charge in [0.2, 0.25) is 7.37 Å². The molecule has 62 valence electrons. The van der Waals surface area contributed by atoms with Crippen LogP contribution in [0.3, 0.4) is 0 Å². The van der Waals surface area contributed by atoms with E-state index in [1.165, 1.54) is 0 Å². The third-order valence-electron chi connectivity index (χ3n) is 1.81. The molecule has 3 unspecified atom stereocenters. The van der Waals surface area contributed by atoms with Crippen LogP contribution in [0.4, 0.5) is 0 Å². The molecule has 0 bridgehead atoms. The minimum atomic E-state index is -2.36. The van der Waals surface area contributed by atoms with E-state index in [0.717, 1.165) is 6.42 Å². The predicted octanol–water partition coefficient (Wildman–Crippen LogP) is 1.95. The normalized spacial score (nSPS) is 44.8. The van der Waals surface area contributed by atoms with E-state index in [9.17, 15) is 4.57 Å². The van der Waals surface area contributed by atoms with Crippen LogP contribution in [0.1, 0.15) is 13.3 Å². The van der Waals surface area contributed by atoms with Crippen LogP contribution >= 0.6 is 7.37 Å². The molecule has 0 radical (unpaired) electrons. The van der Waals surface area contributed by atoms with Crippen LogP contribution in [0.15, 0.2) is 0 Å². The van der Waals surface area contributed by atoms with Gasteiger partial charge in [-0.25, -0.2) is 0 Å². The maximum atomic E-state index is 11.5. The van der Waals surface area contributed by atoms with Gasteiger partial charge < -0.3 is 4.52 Å². The van der Waals surface area contributed by atoms with Gasteiger partial charge in [0.1, 0.15) is 0 Å². The fourth-order valence-electron chi connectivity index (χ4n) is 1.46. The van der Waals surface area contributed by atoms with Gasteiger partial charge in [0.15, 0.2) is 0 Å². The van der Waals surface area contributed by atoms with Crippen LogP contribution in [0.2, 0.25) is 0 Å². The summed E-state index contributed by atoms with van der Waals surface area (Å²) in [6.07, 6.45) is 6.71. The molecule has 0 saturated carbocycles. The third kappa shape index (κ3) is 2.36. The van der Waals surface area contributed by atoms with Gasteiger partial charge in [-0.1, -0.05) is 0 Å². The van der Waals surface area contributed by atoms with Crippen LogP contribution in [-0.4, -0.2) is 18.9 Å². The lowest BCUT2D eigenvalue weighted by Gasteiger charge is -2.28. The summed E-state index contributed by atoms with van der Waals surface area (Å²) < 4.78 is 16.8. The summed E-state index contributed by atoms with van der Waals surface area (Å²) in [6.45, 7) is 3.58. The van der Waals surface area contributed by atoms with Crippen molar-refractivity contribution in [2.45, 2.75) is 19.4 Å². The van der Waals surface area contributed by atoms with Crippen molar-refractivity contribution < 1.29 is 9.09 Å². The molecule has 2 nitrogen and oxygen atoms in total. The van der Waals surface area contributed by atoms with Gasteiger partial charge in [-0.15, -0.1) is 12.3 Å². The minimum absolute atomic E-state index is 0.0561. The minimum Gasteiger partial charge on any atom is -0.325 e. The zero-order chi connectivity index (χ0) is 8.48. The highest BCUT2D eigenvalue weighted by Crippen LogP contribution is 2.50. The van der Waals surface area contributed by atoms with E-state index in [-0.39, 0.29) is 12.0 Å². The molecule has 0 amide bonds. The molecule has 0 aromatic heterocycles. The molecular weight excluding hydrogens is 159 g/mol. The van der Waals surface area contributed by atoms with Crippen molar-refractivity contribution in [2.24, 2.45) is 5.92 Å². The highest BCUT2D eigenvalue weighted by atomic mass is 31.2. The van der Waals surface area contributed by atoms with Gasteiger partial charge in [0, 0.05) is 18.7 Å². The first-order valence-corrected chi connectivity index (χ1v) is 6.00. The van der Waals surface area contributed by atoms with Crippen LogP contribution in [-0.2, 0) is 9.09 Å². The van der Waals surface area contributed by atoms with Crippen LogP contribution in [0.5, 0.6) is 0 Å². The lowest BCUT2D eigenvalue weighted by atomic mass is 10.1. The summed E-state index contributed by atoms with van der Waals surface area (Å²) in [4.78, 5) is 0. The fraction of sp³-hybridized carbons (Fsp3) is 0.750. The molecule has 1 saturated heterocycles. The Kier molecular flexibility index (Phi) is 2.42. The average Bonchev–Trinajstić information content (AvgIpc) is 1.83. The lowest BCUT2D eigenvalue weighted by Crippen LogP contribution is -2.22. The Hall–Kier alpha value is -0.250. The molecule has 1 fully saturated rings. The first kappa shape index (κ1) is 8.84. The van der Waals surface area contributed by atoms with Gasteiger partial charge in [-0.2, -0.15) is 0 Å². The molecule has 0 aromatic rings. The highest BCUT2D eigenvalue weighted by Gasteiger charge is 2.30. The Morgan fingerprint density at radius 2 is 2.36 bits per heavy atom. The topological polar surface area (TPSA) is 26.3 Å². The average molecular weight is 172 g/mol. The Balaban J connectivity index is 2.68. The molecule has 1 aliphatic rings. The van der Waals surface area contributed by atoms with Gasteiger partial charge >= 0.3 is 0 Å². The molecule has 0 aliphatic carbocycles. The molecule has 11 heavy (non-hydrogen) atoms. The molecule has 3 atom stereocenters. The van der Waals surface area contributed by atoms with E-state index in [0.29, 0.717) is 6.16 Å². The van der Waals surface area contributed by atoms with E-state index in [4.69, 9.17) is 10.9 Å². The summed E-state index contributed by atoms with van der Waals surface area (Å²) in [6, 6.07) is 0. The van der Waals surface area contributed by atoms with Crippen molar-refractivity contribution >= 4 is 7.37 Å². The van der Waals surface area contributed by atoms with E-state index in [2.05, 4.69) is 5.92 Å². The first-order chi connectivity index (χ1) is 5.03. The van der Waals surface area contributed by atoms with Crippen LogP contribution in [0.25, 0.3) is 0 Å². The molecule has 1 aliphatic heterocycles. The van der Waals surface area contributed by atoms with Crippen LogP contribution in [0, 0.1) is 18.3 Å². The van der Waals surface area contributed by atoms with Crippen LogP contribution < -0.4 is 0 Å². The number of hydrogen-bond acceptors (Lipinski definition) is 2. The lowest BCUT2D eigenvalue weighted by molar-refractivity contribution is 0.183. The monoisotopic (exact) mass is 172 g/mol. The first-order valence-electron chi connectivity index (χ1n) is 3.74. The zero-order valence-electron chi connectivity index (χ0n) is 6.91. The van der Waals surface area contributed by atoms with Crippen molar-refractivity contribution in [1.82, 2.24) is 0 Å². The Morgan fingerprint density at radius 3 is 2.82 bits per heavy atom. The molecular formula is C8H13O2P. The Morgan fingerprint density at radius 1 is 1.73 bits per heavy atom. The smallest absolute Gasteiger partial charge is 0.201 e. The SMILES string of the molecule is C#CC1CC(C)OP(C)(=O)C1. The van der Waals surface area contributed by atoms with E-state index < -0.39 is 7.37 Å². The molecule has 0 N–H and O–H groups in total. The Bertz CT molecular complexity index is 229. The quantitative estimate of drug-likeness (QED) is 0.412. The standard InChI is InChI=1S/C8H13O2P/c1-4-8-5-7(2)10-11(3,9)6-8/h1,7-8H,5-6H2,2-3H3. The van der Waals surface area contributed by atoms with Gasteiger partial charge in [0.25, 0.3) is 0 Å². The second kappa shape index (κ2) is 3.01. The number of rotatable bonds is 0. The predicted molar refractivity (Wildman–Crippen MR) is 45.9 cm³/mol. The van der Waals surface area contributed by atoms with Crippen molar-refractivity contribution in [1.29, 1.82) is 0 Å². The van der Waals surface area contributed by atoms with E-state index in [1.54, 1.807) is 6.66 Å². The number of hydrogen-bond donors (Lipinski definition) is 0. The summed E-state index contributed by atoms with van der Waals surface area (Å²) >= 11 is 0. The summed E-state index contributed by atoms with van der Waals surface area (Å²) in [5, 5.41) is 0. The maximum absolute atomic E-state index is 11.5. The van der Waals surface area contributed by atoms with E-state index >= 15 is 0 Å². The molecule has 3 heteroatoms. The van der Waals surface area contributed by atoms with Crippen molar-refractivity contribution in [2.75, 3.05) is 12.8 Å². The second-order valence-corrected chi connectivity index (χ2v) is 5.82. The highest BCUT2D eigenvalue weighted by molar-refractivity contribution is 7.58. The molecule has 0 spiro atoms. The van der Waals surface area contributed by atoms with Gasteiger partial charge in [-0.3, -0.25) is 4.57 Å². The maximum Gasteiger partial charge on any atom is 0.201 e. The molecule has 0 aromatic carbocycles. The number of terminal acetylenes is 1. The molecule has 1 heterocycles. The van der Waals surface area contributed by atoms with E-state index in [1.807, 2.05) is 6.92 Å². The van der Waals surface area contributed by atoms with Gasteiger partial charge in [0.05, 0.1) is 6.10 Å². The molecule has 1 rings (SSSR count). The van der Waals surface area contributed by atoms with Gasteiger partial charge in [-0.05, 0) is 13.3 Å². The summed E-state index contributed by atoms with van der Waals surface area (Å²) in [5.74, 6) is 2.79. The zero-order valence-corrected chi connectivity index (χ0v) is 7.80. The second-order valence-electron chi connectivity index (χ2n) is 3.21. The fourth-order valence-corrected chi connectivity index (χ4v) is 3.45. The summed E-state index contributed by atoms with van der Waals surface area (Å²) in [7, 11) is -2.36.